The Morgan fingerprint density at radius 3 is 2.75 bits per heavy atom. The van der Waals surface area contributed by atoms with Crippen molar-refractivity contribution in [3.63, 3.8) is 0 Å². The van der Waals surface area contributed by atoms with Gasteiger partial charge in [-0.2, -0.15) is 0 Å². The van der Waals surface area contributed by atoms with Crippen molar-refractivity contribution in [1.29, 1.82) is 0 Å². The summed E-state index contributed by atoms with van der Waals surface area (Å²) in [6.07, 6.45) is 1.67. The van der Waals surface area contributed by atoms with Crippen LogP contribution in [0.3, 0.4) is 0 Å². The molecule has 1 amide bonds. The van der Waals surface area contributed by atoms with Gasteiger partial charge in [0.2, 0.25) is 0 Å². The number of thiocarbonyl (C=S) groups is 1. The number of nitrogens with one attached hydrogen (secondary N) is 1. The second-order valence-corrected chi connectivity index (χ2v) is 5.50. The van der Waals surface area contributed by atoms with E-state index >= 15 is 0 Å². The first-order chi connectivity index (χ1) is 7.58. The minimum absolute atomic E-state index is 0.203. The fourth-order valence-corrected chi connectivity index (χ4v) is 2.59. The monoisotopic (exact) mass is 289 g/mol. The first-order valence-corrected chi connectivity index (χ1v) is 6.25. The minimum atomic E-state index is -0.203. The fraction of sp³-hybridized carbons (Fsp3) is 0. The number of carbonyl (C=O) groups excluding carboxylic acids is 1. The quantitative estimate of drug-likeness (QED) is 0.634. The molecule has 0 aromatic heterocycles. The molecule has 0 saturated carbocycles. The molecule has 0 spiro atoms. The molecular formula is C10H5Cl2NOS2. The van der Waals surface area contributed by atoms with Gasteiger partial charge in [-0.15, -0.1) is 0 Å². The summed E-state index contributed by atoms with van der Waals surface area (Å²) in [4.78, 5) is 11.9. The van der Waals surface area contributed by atoms with Crippen molar-refractivity contribution in [2.45, 2.75) is 0 Å². The Kier molecular flexibility index (Phi) is 3.54. The lowest BCUT2D eigenvalue weighted by atomic mass is 10.2. The Morgan fingerprint density at radius 2 is 2.12 bits per heavy atom. The van der Waals surface area contributed by atoms with Crippen molar-refractivity contribution >= 4 is 63.5 Å². The molecule has 2 rings (SSSR count). The van der Waals surface area contributed by atoms with Gasteiger partial charge in [0, 0.05) is 0 Å². The van der Waals surface area contributed by atoms with Gasteiger partial charge in [-0.1, -0.05) is 59.3 Å². The van der Waals surface area contributed by atoms with Crippen LogP contribution in [0.25, 0.3) is 6.08 Å². The first kappa shape index (κ1) is 11.9. The highest BCUT2D eigenvalue weighted by molar-refractivity contribution is 8.26. The molecule has 1 aliphatic heterocycles. The number of hydrogen-bond acceptors (Lipinski definition) is 3. The number of carbonyl (C=O) groups is 1. The number of rotatable bonds is 1. The first-order valence-electron chi connectivity index (χ1n) is 4.27. The Morgan fingerprint density at radius 1 is 1.38 bits per heavy atom. The van der Waals surface area contributed by atoms with Crippen LogP contribution in [0.1, 0.15) is 5.56 Å². The Labute approximate surface area is 112 Å². The molecule has 82 valence electrons. The Hall–Kier alpha value is -0.550. The molecule has 1 N–H and O–H groups in total. The molecule has 0 bridgehead atoms. The lowest BCUT2D eigenvalue weighted by Gasteiger charge is -2.00. The standard InChI is InChI=1S/C10H5Cl2NOS2/c11-6-3-1-2-5(8(6)12)4-7-9(14)13-10(15)16-7/h1-4H,(H,13,14,15)/b7-4+. The molecule has 1 aliphatic rings. The Balaban J connectivity index is 2.40. The van der Waals surface area contributed by atoms with E-state index in [1.165, 1.54) is 11.8 Å². The maximum Gasteiger partial charge on any atom is 0.263 e. The number of amides is 1. The highest BCUT2D eigenvalue weighted by Crippen LogP contribution is 2.31. The molecule has 6 heteroatoms. The van der Waals surface area contributed by atoms with Crippen molar-refractivity contribution in [3.8, 4) is 0 Å². The van der Waals surface area contributed by atoms with Crippen molar-refractivity contribution < 1.29 is 4.79 Å². The molecule has 16 heavy (non-hydrogen) atoms. The second-order valence-electron chi connectivity index (χ2n) is 3.00. The topological polar surface area (TPSA) is 29.1 Å². The highest BCUT2D eigenvalue weighted by Gasteiger charge is 2.22. The summed E-state index contributed by atoms with van der Waals surface area (Å²) in [7, 11) is 0. The van der Waals surface area contributed by atoms with Gasteiger partial charge in [0.1, 0.15) is 4.32 Å². The SMILES string of the molecule is O=C1NC(=S)S/C1=C/c1cccc(Cl)c1Cl. The zero-order valence-corrected chi connectivity index (χ0v) is 10.9. The van der Waals surface area contributed by atoms with E-state index in [0.717, 1.165) is 0 Å². The zero-order valence-electron chi connectivity index (χ0n) is 7.79. The van der Waals surface area contributed by atoms with Crippen molar-refractivity contribution in [2.24, 2.45) is 0 Å². The summed E-state index contributed by atoms with van der Waals surface area (Å²) < 4.78 is 0.453. The molecule has 1 aromatic carbocycles. The molecule has 1 fully saturated rings. The molecule has 0 atom stereocenters. The second kappa shape index (κ2) is 4.75. The van der Waals surface area contributed by atoms with Crippen LogP contribution in [0.15, 0.2) is 23.1 Å². The predicted molar refractivity (Wildman–Crippen MR) is 72.8 cm³/mol. The maximum atomic E-state index is 11.4. The molecule has 2 nitrogen and oxygen atoms in total. The smallest absolute Gasteiger partial charge is 0.263 e. The van der Waals surface area contributed by atoms with Crippen LogP contribution in [0.4, 0.5) is 0 Å². The van der Waals surface area contributed by atoms with Crippen LogP contribution in [-0.2, 0) is 4.79 Å². The molecular weight excluding hydrogens is 285 g/mol. The van der Waals surface area contributed by atoms with E-state index in [4.69, 9.17) is 35.4 Å². The van der Waals surface area contributed by atoms with Crippen LogP contribution in [0, 0.1) is 0 Å². The number of thioether (sulfide) groups is 1. The van der Waals surface area contributed by atoms with E-state index < -0.39 is 0 Å². The number of benzene rings is 1. The van der Waals surface area contributed by atoms with E-state index in [9.17, 15) is 4.79 Å². The average Bonchev–Trinajstić information content (AvgIpc) is 2.53. The molecule has 0 aliphatic carbocycles. The van der Waals surface area contributed by atoms with E-state index in [0.29, 0.717) is 24.8 Å². The van der Waals surface area contributed by atoms with Crippen LogP contribution < -0.4 is 5.32 Å². The molecule has 1 saturated heterocycles. The lowest BCUT2D eigenvalue weighted by Crippen LogP contribution is -2.17. The average molecular weight is 290 g/mol. The molecule has 0 unspecified atom stereocenters. The molecule has 0 radical (unpaired) electrons. The third-order valence-corrected chi connectivity index (χ3v) is 3.91. The van der Waals surface area contributed by atoms with Crippen molar-refractivity contribution in [1.82, 2.24) is 5.32 Å². The summed E-state index contributed by atoms with van der Waals surface area (Å²) in [5.41, 5.74) is 0.705. The van der Waals surface area contributed by atoms with Gasteiger partial charge >= 0.3 is 0 Å². The number of hydrogen-bond donors (Lipinski definition) is 1. The minimum Gasteiger partial charge on any atom is -0.307 e. The van der Waals surface area contributed by atoms with Gasteiger partial charge in [0.15, 0.2) is 0 Å². The summed E-state index contributed by atoms with van der Waals surface area (Å²) in [6, 6.07) is 5.26. The van der Waals surface area contributed by atoms with Crippen LogP contribution in [-0.4, -0.2) is 10.2 Å². The van der Waals surface area contributed by atoms with Gasteiger partial charge < -0.3 is 5.32 Å². The van der Waals surface area contributed by atoms with Gasteiger partial charge in [-0.05, 0) is 17.7 Å². The van der Waals surface area contributed by atoms with E-state index in [-0.39, 0.29) is 5.91 Å². The summed E-state index contributed by atoms with van der Waals surface area (Å²) >= 11 is 18.0. The van der Waals surface area contributed by atoms with Crippen LogP contribution in [0.2, 0.25) is 10.0 Å². The van der Waals surface area contributed by atoms with E-state index in [1.54, 1.807) is 24.3 Å². The van der Waals surface area contributed by atoms with Gasteiger partial charge in [0.25, 0.3) is 5.91 Å². The predicted octanol–water partition coefficient (Wildman–Crippen LogP) is 3.48. The van der Waals surface area contributed by atoms with Gasteiger partial charge in [0.05, 0.1) is 15.0 Å². The van der Waals surface area contributed by atoms with Gasteiger partial charge in [-0.25, -0.2) is 0 Å². The van der Waals surface area contributed by atoms with Crippen LogP contribution in [0.5, 0.6) is 0 Å². The Bertz CT molecular complexity index is 514. The van der Waals surface area contributed by atoms with E-state index in [1.807, 2.05) is 0 Å². The summed E-state index contributed by atoms with van der Waals surface area (Å²) in [6.45, 7) is 0. The van der Waals surface area contributed by atoms with Crippen molar-refractivity contribution in [2.75, 3.05) is 0 Å². The summed E-state index contributed by atoms with van der Waals surface area (Å²) in [5.74, 6) is -0.203. The van der Waals surface area contributed by atoms with Gasteiger partial charge in [-0.3, -0.25) is 4.79 Å². The summed E-state index contributed by atoms with van der Waals surface area (Å²) in [5, 5.41) is 3.43. The zero-order chi connectivity index (χ0) is 11.7. The number of halogens is 2. The normalized spacial score (nSPS) is 18.0. The lowest BCUT2D eigenvalue weighted by molar-refractivity contribution is -0.115. The van der Waals surface area contributed by atoms with E-state index in [2.05, 4.69) is 5.32 Å². The third-order valence-electron chi connectivity index (χ3n) is 1.91. The van der Waals surface area contributed by atoms with Crippen LogP contribution >= 0.6 is 47.2 Å². The third kappa shape index (κ3) is 2.40. The largest absolute Gasteiger partial charge is 0.307 e. The molecule has 1 heterocycles. The maximum absolute atomic E-state index is 11.4. The fourth-order valence-electron chi connectivity index (χ4n) is 1.19. The highest BCUT2D eigenvalue weighted by atomic mass is 35.5. The molecule has 1 aromatic rings. The van der Waals surface area contributed by atoms with Crippen molar-refractivity contribution in [3.05, 3.63) is 38.7 Å².